The number of aliphatic carboxylic acids is 1. The van der Waals surface area contributed by atoms with Gasteiger partial charge < -0.3 is 10.4 Å². The molecule has 0 saturated heterocycles. The first-order chi connectivity index (χ1) is 19.0. The van der Waals surface area contributed by atoms with Crippen molar-refractivity contribution in [1.29, 1.82) is 0 Å². The Kier molecular flexibility index (Phi) is 8.16. The van der Waals surface area contributed by atoms with Crippen molar-refractivity contribution < 1.29 is 14.7 Å². The van der Waals surface area contributed by atoms with Crippen LogP contribution in [-0.4, -0.2) is 22.0 Å². The fraction of sp³-hybridized carbons (Fsp3) is 0.265. The number of carboxylic acids is 1. The lowest BCUT2D eigenvalue weighted by Crippen LogP contribution is -2.14. The zero-order valence-corrected chi connectivity index (χ0v) is 22.3. The highest BCUT2D eigenvalue weighted by Gasteiger charge is 2.21. The topological polar surface area (TPSA) is 79.3 Å². The van der Waals surface area contributed by atoms with Crippen molar-refractivity contribution in [3.63, 3.8) is 0 Å². The van der Waals surface area contributed by atoms with E-state index in [9.17, 15) is 9.59 Å². The van der Waals surface area contributed by atoms with E-state index < -0.39 is 5.97 Å². The Hall–Kier alpha value is -4.25. The predicted octanol–water partition coefficient (Wildman–Crippen LogP) is 8.02. The van der Waals surface area contributed by atoms with Crippen molar-refractivity contribution in [3.8, 4) is 11.1 Å². The summed E-state index contributed by atoms with van der Waals surface area (Å²) in [7, 11) is 0. The van der Waals surface area contributed by atoms with Crippen LogP contribution in [0.4, 0.5) is 5.69 Å². The number of hydrogen-bond donors (Lipinski definition) is 2. The number of allylic oxidation sites excluding steroid dienone is 1. The van der Waals surface area contributed by atoms with Crippen LogP contribution in [0.15, 0.2) is 91.1 Å². The third-order valence-corrected chi connectivity index (χ3v) is 7.77. The lowest BCUT2D eigenvalue weighted by Gasteiger charge is -2.27. The number of aromatic nitrogens is 1. The van der Waals surface area contributed by atoms with E-state index in [-0.39, 0.29) is 5.91 Å². The van der Waals surface area contributed by atoms with Crippen LogP contribution in [0, 0.1) is 5.92 Å². The van der Waals surface area contributed by atoms with Crippen molar-refractivity contribution in [2.24, 2.45) is 5.92 Å². The van der Waals surface area contributed by atoms with E-state index in [4.69, 9.17) is 5.11 Å². The fourth-order valence-corrected chi connectivity index (χ4v) is 5.66. The average molecular weight is 519 g/mol. The molecule has 4 aromatic rings. The summed E-state index contributed by atoms with van der Waals surface area (Å²) in [5.41, 5.74) is 6.91. The van der Waals surface area contributed by atoms with Crippen LogP contribution in [0.1, 0.15) is 66.4 Å². The van der Waals surface area contributed by atoms with Crippen molar-refractivity contribution in [3.05, 3.63) is 108 Å². The number of aryl methyl sites for hydroxylation is 1. The van der Waals surface area contributed by atoms with Crippen molar-refractivity contribution in [2.45, 2.75) is 51.4 Å². The minimum atomic E-state index is -0.871. The monoisotopic (exact) mass is 518 g/mol. The highest BCUT2D eigenvalue weighted by molar-refractivity contribution is 6.12. The Balaban J connectivity index is 1.30. The van der Waals surface area contributed by atoms with Gasteiger partial charge in [0.2, 0.25) is 0 Å². The molecule has 0 radical (unpaired) electrons. The molecule has 5 nitrogen and oxygen atoms in total. The quantitative estimate of drug-likeness (QED) is 0.232. The number of carbonyl (C=O) groups is 2. The maximum atomic E-state index is 13.2. The minimum Gasteiger partial charge on any atom is -0.478 e. The van der Waals surface area contributed by atoms with Gasteiger partial charge in [0.25, 0.3) is 5.91 Å². The van der Waals surface area contributed by atoms with Gasteiger partial charge in [0.15, 0.2) is 0 Å². The van der Waals surface area contributed by atoms with Gasteiger partial charge >= 0.3 is 5.97 Å². The van der Waals surface area contributed by atoms with E-state index in [1.54, 1.807) is 12.3 Å². The van der Waals surface area contributed by atoms with Crippen LogP contribution < -0.4 is 5.32 Å². The maximum Gasteiger partial charge on any atom is 0.327 e. The summed E-state index contributed by atoms with van der Waals surface area (Å²) in [4.78, 5) is 28.6. The number of carboxylic acid groups (broad SMARTS) is 1. The molecule has 1 heterocycles. The summed E-state index contributed by atoms with van der Waals surface area (Å²) in [6.07, 6.45) is 10.9. The molecule has 1 amide bonds. The number of anilines is 1. The molecule has 1 aliphatic carbocycles. The number of carbonyl (C=O) groups excluding carboxylic acids is 1. The Morgan fingerprint density at radius 3 is 2.44 bits per heavy atom. The molecule has 0 atom stereocenters. The van der Waals surface area contributed by atoms with E-state index in [1.807, 2.05) is 36.4 Å². The highest BCUT2D eigenvalue weighted by Crippen LogP contribution is 2.37. The normalized spacial score (nSPS) is 17.4. The summed E-state index contributed by atoms with van der Waals surface area (Å²) in [5, 5.41) is 12.8. The molecule has 0 spiro atoms. The molecule has 5 rings (SSSR count). The smallest absolute Gasteiger partial charge is 0.327 e. The van der Waals surface area contributed by atoms with Gasteiger partial charge in [0.1, 0.15) is 0 Å². The van der Waals surface area contributed by atoms with E-state index in [2.05, 4.69) is 53.6 Å². The number of rotatable bonds is 8. The molecule has 198 valence electrons. The standard InChI is InChI=1S/C34H34N2O3/c1-2-5-27-6-3-4-7-31(27)36-34(39)30-20-21-35-32-22-28(17-18-29(30)32)26-15-13-25(14-16-26)24-11-8-23(9-12-24)10-19-33(37)38/h3-4,6-7,10,13-24H,2,5,8-9,11-12H2,1H3,(H,36,39)(H,37,38)/b19-10+. The Labute approximate surface area is 229 Å². The first-order valence-electron chi connectivity index (χ1n) is 13.8. The maximum absolute atomic E-state index is 13.2. The van der Waals surface area contributed by atoms with Gasteiger partial charge in [0, 0.05) is 23.3 Å². The summed E-state index contributed by atoms with van der Waals surface area (Å²) in [6, 6.07) is 24.6. The summed E-state index contributed by atoms with van der Waals surface area (Å²) in [6.45, 7) is 2.13. The van der Waals surface area contributed by atoms with Gasteiger partial charge in [-0.15, -0.1) is 0 Å². The van der Waals surface area contributed by atoms with Gasteiger partial charge in [-0.2, -0.15) is 0 Å². The first kappa shape index (κ1) is 26.4. The molecule has 1 aliphatic rings. The van der Waals surface area contributed by atoms with Gasteiger partial charge in [-0.25, -0.2) is 4.79 Å². The largest absolute Gasteiger partial charge is 0.478 e. The molecule has 39 heavy (non-hydrogen) atoms. The second-order valence-corrected chi connectivity index (χ2v) is 10.4. The molecule has 1 saturated carbocycles. The third-order valence-electron chi connectivity index (χ3n) is 7.77. The Bertz CT molecular complexity index is 1500. The van der Waals surface area contributed by atoms with E-state index in [0.717, 1.165) is 71.8 Å². The molecular formula is C34H34N2O3. The molecule has 0 bridgehead atoms. The lowest BCUT2D eigenvalue weighted by atomic mass is 9.78. The van der Waals surface area contributed by atoms with E-state index in [1.165, 1.54) is 11.6 Å². The Morgan fingerprint density at radius 1 is 0.949 bits per heavy atom. The highest BCUT2D eigenvalue weighted by atomic mass is 16.4. The number of fused-ring (bicyclic) bond motifs is 1. The molecule has 2 N–H and O–H groups in total. The molecule has 0 unspecified atom stereocenters. The zero-order valence-electron chi connectivity index (χ0n) is 22.3. The first-order valence-corrected chi connectivity index (χ1v) is 13.8. The number of benzene rings is 3. The average Bonchev–Trinajstić information content (AvgIpc) is 2.97. The van der Waals surface area contributed by atoms with Crippen molar-refractivity contribution in [1.82, 2.24) is 4.98 Å². The van der Waals surface area contributed by atoms with Crippen LogP contribution in [-0.2, 0) is 11.2 Å². The van der Waals surface area contributed by atoms with E-state index in [0.29, 0.717) is 17.4 Å². The number of amides is 1. The van der Waals surface area contributed by atoms with Gasteiger partial charge in [-0.05, 0) is 84.4 Å². The van der Waals surface area contributed by atoms with Crippen LogP contribution in [0.5, 0.6) is 0 Å². The fourth-order valence-electron chi connectivity index (χ4n) is 5.66. The lowest BCUT2D eigenvalue weighted by molar-refractivity contribution is -0.131. The molecule has 1 fully saturated rings. The summed E-state index contributed by atoms with van der Waals surface area (Å²) >= 11 is 0. The summed E-state index contributed by atoms with van der Waals surface area (Å²) in [5.74, 6) is -0.129. The second-order valence-electron chi connectivity index (χ2n) is 10.4. The van der Waals surface area contributed by atoms with Crippen molar-refractivity contribution in [2.75, 3.05) is 5.32 Å². The number of para-hydroxylation sites is 1. The van der Waals surface area contributed by atoms with Gasteiger partial charge in [0.05, 0.1) is 11.1 Å². The van der Waals surface area contributed by atoms with E-state index >= 15 is 0 Å². The van der Waals surface area contributed by atoms with Crippen molar-refractivity contribution >= 4 is 28.5 Å². The number of pyridine rings is 1. The second kappa shape index (κ2) is 12.1. The molecular weight excluding hydrogens is 484 g/mol. The number of nitrogens with zero attached hydrogens (tertiary/aromatic N) is 1. The van der Waals surface area contributed by atoms with Crippen LogP contribution in [0.3, 0.4) is 0 Å². The molecule has 0 aliphatic heterocycles. The molecule has 5 heteroatoms. The molecule has 3 aromatic carbocycles. The van der Waals surface area contributed by atoms with Gasteiger partial charge in [-0.3, -0.25) is 9.78 Å². The van der Waals surface area contributed by atoms with Crippen LogP contribution in [0.25, 0.3) is 22.0 Å². The molecule has 1 aromatic heterocycles. The number of nitrogens with one attached hydrogen (secondary N) is 1. The van der Waals surface area contributed by atoms with Crippen LogP contribution >= 0.6 is 0 Å². The predicted molar refractivity (Wildman–Crippen MR) is 157 cm³/mol. The zero-order chi connectivity index (χ0) is 27.2. The van der Waals surface area contributed by atoms with Crippen LogP contribution in [0.2, 0.25) is 0 Å². The summed E-state index contributed by atoms with van der Waals surface area (Å²) < 4.78 is 0. The van der Waals surface area contributed by atoms with Gasteiger partial charge in [-0.1, -0.05) is 74.0 Å². The number of hydrogen-bond acceptors (Lipinski definition) is 3. The third kappa shape index (κ3) is 6.26. The SMILES string of the molecule is CCCc1ccccc1NC(=O)c1ccnc2cc(-c3ccc(C4CCC(/C=C/C(=O)O)CC4)cc3)ccc12. The minimum absolute atomic E-state index is 0.128. The Morgan fingerprint density at radius 2 is 1.69 bits per heavy atom.